The Morgan fingerprint density at radius 1 is 1.22 bits per heavy atom. The minimum atomic E-state index is 0.574. The minimum Gasteiger partial charge on any atom is -0.481 e. The van der Waals surface area contributed by atoms with Gasteiger partial charge in [0.2, 0.25) is 5.88 Å². The number of hydrogen-bond donors (Lipinski definition) is 0. The monoisotopic (exact) mass is 259 g/mol. The Morgan fingerprint density at radius 3 is 2.94 bits per heavy atom. The van der Waals surface area contributed by atoms with E-state index in [1.807, 2.05) is 34.9 Å². The van der Waals surface area contributed by atoms with Crippen molar-refractivity contribution < 1.29 is 4.74 Å². The molecule has 0 radical (unpaired) electrons. The molecule has 90 valence electrons. The molecule has 0 atom stereocenters. The number of hydrogen-bond acceptors (Lipinski definition) is 3. The lowest BCUT2D eigenvalue weighted by atomic mass is 10.2. The Balaban J connectivity index is 2.21. The molecule has 4 nitrogen and oxygen atoms in total. The Bertz CT molecular complexity index is 708. The van der Waals surface area contributed by atoms with Gasteiger partial charge >= 0.3 is 0 Å². The number of rotatable bonds is 2. The molecule has 3 aromatic rings. The van der Waals surface area contributed by atoms with Crippen LogP contribution in [0.2, 0.25) is 5.02 Å². The van der Waals surface area contributed by atoms with E-state index >= 15 is 0 Å². The van der Waals surface area contributed by atoms with Crippen LogP contribution in [0.5, 0.6) is 5.88 Å². The van der Waals surface area contributed by atoms with Crippen molar-refractivity contribution in [1.29, 1.82) is 0 Å². The summed E-state index contributed by atoms with van der Waals surface area (Å²) in [6.07, 6.45) is 5.35. The molecule has 0 aliphatic heterocycles. The van der Waals surface area contributed by atoms with Gasteiger partial charge < -0.3 is 4.74 Å². The van der Waals surface area contributed by atoms with Crippen molar-refractivity contribution in [3.63, 3.8) is 0 Å². The fraction of sp³-hybridized carbons (Fsp3) is 0.0769. The standard InChI is InChI=1S/C13H10ClN3O/c1-18-13-6-9(4-5-15-13)11-7-16-12-3-2-10(14)8-17(11)12/h2-8H,1H3. The van der Waals surface area contributed by atoms with Crippen molar-refractivity contribution in [2.45, 2.75) is 0 Å². The van der Waals surface area contributed by atoms with E-state index in [1.165, 1.54) is 0 Å². The SMILES string of the molecule is COc1cc(-c2cnc3ccc(Cl)cn23)ccn1. The molecule has 0 bridgehead atoms. The van der Waals surface area contributed by atoms with Gasteiger partial charge in [0, 0.05) is 24.0 Å². The first-order chi connectivity index (χ1) is 8.78. The van der Waals surface area contributed by atoms with Crippen molar-refractivity contribution in [3.05, 3.63) is 47.9 Å². The number of nitrogens with zero attached hydrogens (tertiary/aromatic N) is 3. The van der Waals surface area contributed by atoms with Gasteiger partial charge in [-0.1, -0.05) is 11.6 Å². The van der Waals surface area contributed by atoms with Gasteiger partial charge in [-0.15, -0.1) is 0 Å². The van der Waals surface area contributed by atoms with E-state index in [9.17, 15) is 0 Å². The Kier molecular flexibility index (Phi) is 2.64. The molecule has 18 heavy (non-hydrogen) atoms. The lowest BCUT2D eigenvalue weighted by molar-refractivity contribution is 0.398. The van der Waals surface area contributed by atoms with Gasteiger partial charge in [-0.2, -0.15) is 0 Å². The fourth-order valence-electron chi connectivity index (χ4n) is 1.85. The van der Waals surface area contributed by atoms with Gasteiger partial charge in [0.05, 0.1) is 24.0 Å². The van der Waals surface area contributed by atoms with Crippen molar-refractivity contribution in [1.82, 2.24) is 14.4 Å². The molecule has 5 heteroatoms. The molecule has 3 heterocycles. The molecule has 3 aromatic heterocycles. The summed E-state index contributed by atoms with van der Waals surface area (Å²) >= 11 is 6.01. The van der Waals surface area contributed by atoms with Gasteiger partial charge in [0.15, 0.2) is 0 Å². The highest BCUT2D eigenvalue weighted by Gasteiger charge is 2.07. The average Bonchev–Trinajstić information content (AvgIpc) is 2.81. The second-order valence-electron chi connectivity index (χ2n) is 3.81. The summed E-state index contributed by atoms with van der Waals surface area (Å²) < 4.78 is 7.06. The van der Waals surface area contributed by atoms with Crippen LogP contribution in [0.15, 0.2) is 42.9 Å². The van der Waals surface area contributed by atoms with Crippen molar-refractivity contribution in [2.75, 3.05) is 7.11 Å². The second-order valence-corrected chi connectivity index (χ2v) is 4.24. The second kappa shape index (κ2) is 4.31. The zero-order chi connectivity index (χ0) is 12.5. The van der Waals surface area contributed by atoms with Crippen LogP contribution in [-0.4, -0.2) is 21.5 Å². The lowest BCUT2D eigenvalue weighted by Crippen LogP contribution is -1.90. The number of pyridine rings is 2. The summed E-state index contributed by atoms with van der Waals surface area (Å²) in [6, 6.07) is 7.47. The number of imidazole rings is 1. The lowest BCUT2D eigenvalue weighted by Gasteiger charge is -2.04. The van der Waals surface area contributed by atoms with Crippen LogP contribution in [0.1, 0.15) is 0 Å². The first-order valence-electron chi connectivity index (χ1n) is 5.41. The first-order valence-corrected chi connectivity index (χ1v) is 5.79. The number of methoxy groups -OCH3 is 1. The number of ether oxygens (including phenoxy) is 1. The molecule has 0 saturated heterocycles. The highest BCUT2D eigenvalue weighted by atomic mass is 35.5. The number of fused-ring (bicyclic) bond motifs is 1. The Hall–Kier alpha value is -2.07. The van der Waals surface area contributed by atoms with Crippen molar-refractivity contribution >= 4 is 17.2 Å². The highest BCUT2D eigenvalue weighted by Crippen LogP contribution is 2.24. The third-order valence-corrected chi connectivity index (χ3v) is 2.93. The number of halogens is 1. The summed E-state index contributed by atoms with van der Waals surface area (Å²) in [5.74, 6) is 0.574. The fourth-order valence-corrected chi connectivity index (χ4v) is 2.01. The van der Waals surface area contributed by atoms with Crippen LogP contribution in [0, 0.1) is 0 Å². The minimum absolute atomic E-state index is 0.574. The predicted octanol–water partition coefficient (Wildman–Crippen LogP) is 3.06. The van der Waals surface area contributed by atoms with Crippen LogP contribution in [0.25, 0.3) is 16.9 Å². The van der Waals surface area contributed by atoms with E-state index in [0.29, 0.717) is 10.9 Å². The largest absolute Gasteiger partial charge is 0.481 e. The maximum atomic E-state index is 6.01. The molecular weight excluding hydrogens is 250 g/mol. The van der Waals surface area contributed by atoms with E-state index in [0.717, 1.165) is 16.9 Å². The van der Waals surface area contributed by atoms with Gasteiger partial charge in [-0.25, -0.2) is 9.97 Å². The van der Waals surface area contributed by atoms with Crippen LogP contribution >= 0.6 is 11.6 Å². The zero-order valence-electron chi connectivity index (χ0n) is 9.67. The maximum absolute atomic E-state index is 6.01. The van der Waals surface area contributed by atoms with Crippen LogP contribution in [-0.2, 0) is 0 Å². The predicted molar refractivity (Wildman–Crippen MR) is 70.0 cm³/mol. The van der Waals surface area contributed by atoms with E-state index < -0.39 is 0 Å². The van der Waals surface area contributed by atoms with Crippen LogP contribution in [0.4, 0.5) is 0 Å². The molecule has 0 aromatic carbocycles. The highest BCUT2D eigenvalue weighted by molar-refractivity contribution is 6.30. The third kappa shape index (κ3) is 1.80. The third-order valence-electron chi connectivity index (χ3n) is 2.71. The normalized spacial score (nSPS) is 10.8. The zero-order valence-corrected chi connectivity index (χ0v) is 10.4. The van der Waals surface area contributed by atoms with Gasteiger partial charge in [0.25, 0.3) is 0 Å². The molecule has 0 spiro atoms. The summed E-state index contributed by atoms with van der Waals surface area (Å²) in [4.78, 5) is 8.42. The van der Waals surface area contributed by atoms with E-state index in [1.54, 1.807) is 19.5 Å². The smallest absolute Gasteiger partial charge is 0.213 e. The van der Waals surface area contributed by atoms with Gasteiger partial charge in [0.1, 0.15) is 5.65 Å². The average molecular weight is 260 g/mol. The molecule has 0 N–H and O–H groups in total. The molecule has 0 amide bonds. The van der Waals surface area contributed by atoms with Gasteiger partial charge in [-0.05, 0) is 18.2 Å². The van der Waals surface area contributed by atoms with Crippen LogP contribution in [0.3, 0.4) is 0 Å². The van der Waals surface area contributed by atoms with Crippen molar-refractivity contribution in [2.24, 2.45) is 0 Å². The van der Waals surface area contributed by atoms with Gasteiger partial charge in [-0.3, -0.25) is 4.40 Å². The quantitative estimate of drug-likeness (QED) is 0.710. The molecule has 0 fully saturated rings. The molecule has 0 unspecified atom stereocenters. The van der Waals surface area contributed by atoms with E-state index in [2.05, 4.69) is 9.97 Å². The topological polar surface area (TPSA) is 39.4 Å². The number of aromatic nitrogens is 3. The molecular formula is C13H10ClN3O. The summed E-state index contributed by atoms with van der Waals surface area (Å²) in [6.45, 7) is 0. The maximum Gasteiger partial charge on any atom is 0.213 e. The molecule has 0 aliphatic rings. The first kappa shape index (κ1) is 11.0. The summed E-state index contributed by atoms with van der Waals surface area (Å²) in [7, 11) is 1.59. The Morgan fingerprint density at radius 2 is 2.11 bits per heavy atom. The molecule has 3 rings (SSSR count). The van der Waals surface area contributed by atoms with E-state index in [-0.39, 0.29) is 0 Å². The van der Waals surface area contributed by atoms with E-state index in [4.69, 9.17) is 16.3 Å². The Labute approximate surface area is 109 Å². The van der Waals surface area contributed by atoms with Crippen LogP contribution < -0.4 is 4.74 Å². The molecule has 0 saturated carbocycles. The van der Waals surface area contributed by atoms with Crippen molar-refractivity contribution in [3.8, 4) is 17.1 Å². The summed E-state index contributed by atoms with van der Waals surface area (Å²) in [5, 5.41) is 0.669. The molecule has 0 aliphatic carbocycles. The summed E-state index contributed by atoms with van der Waals surface area (Å²) in [5.41, 5.74) is 2.79.